The summed E-state index contributed by atoms with van der Waals surface area (Å²) in [6.45, 7) is 18.7. The minimum absolute atomic E-state index is 0.230. The molecule has 0 amide bonds. The lowest BCUT2D eigenvalue weighted by Crippen LogP contribution is -2.32. The molecule has 1 aromatic carbocycles. The number of allylic oxidation sites excluding steroid dienone is 4. The number of nitrogens with two attached hydrogens (primary N) is 1. The van der Waals surface area contributed by atoms with Gasteiger partial charge in [0.1, 0.15) is 0 Å². The molecule has 1 fully saturated rings. The van der Waals surface area contributed by atoms with Gasteiger partial charge in [-0.1, -0.05) is 43.5 Å². The second kappa shape index (κ2) is 11.2. The number of likely N-dealkylation sites (tertiary alicyclic amines) is 1. The summed E-state index contributed by atoms with van der Waals surface area (Å²) in [5.74, 6) is 1.33. The van der Waals surface area contributed by atoms with Crippen LogP contribution in [-0.4, -0.2) is 40.6 Å². The maximum atomic E-state index is 6.26. The SMILES string of the molecule is C=C(CCC(C(C)=NC1=NN(C(C)C)C(=C)C=C1)=C(C)N)N1CCC(c2ccccc2)CC1. The Kier molecular flexibility index (Phi) is 8.32. The van der Waals surface area contributed by atoms with Crippen LogP contribution < -0.4 is 5.73 Å². The van der Waals surface area contributed by atoms with Crippen LogP contribution in [0.2, 0.25) is 0 Å². The van der Waals surface area contributed by atoms with Crippen LogP contribution in [0.25, 0.3) is 0 Å². The Morgan fingerprint density at radius 1 is 1.12 bits per heavy atom. The van der Waals surface area contributed by atoms with Crippen molar-refractivity contribution in [2.75, 3.05) is 13.1 Å². The molecule has 0 aromatic heterocycles. The molecule has 2 heterocycles. The second-order valence-electron chi connectivity index (χ2n) is 9.32. The van der Waals surface area contributed by atoms with Gasteiger partial charge in [-0.25, -0.2) is 4.99 Å². The standard InChI is InChI=1S/C28H39N5/c1-20(2)33-22(4)13-15-28(31-33)30-24(6)27(23(5)29)14-12-21(3)32-18-16-26(17-19-32)25-10-8-7-9-11-25/h7-11,13,15,20,26H,3-4,12,14,16-19,29H2,1-2,5-6H3. The number of amidine groups is 1. The van der Waals surface area contributed by atoms with Crippen LogP contribution in [0.3, 0.4) is 0 Å². The van der Waals surface area contributed by atoms with Gasteiger partial charge in [0.2, 0.25) is 0 Å². The number of piperidine rings is 1. The van der Waals surface area contributed by atoms with Crippen molar-refractivity contribution in [3.63, 3.8) is 0 Å². The zero-order chi connectivity index (χ0) is 24.0. The van der Waals surface area contributed by atoms with Crippen molar-refractivity contribution in [3.05, 3.63) is 83.9 Å². The van der Waals surface area contributed by atoms with Crippen molar-refractivity contribution in [1.29, 1.82) is 0 Å². The fraction of sp³-hybridized carbons (Fsp3) is 0.429. The summed E-state index contributed by atoms with van der Waals surface area (Å²) < 4.78 is 0. The average molecular weight is 446 g/mol. The molecule has 2 aliphatic heterocycles. The topological polar surface area (TPSA) is 57.2 Å². The van der Waals surface area contributed by atoms with E-state index in [1.54, 1.807) is 0 Å². The Morgan fingerprint density at radius 2 is 1.79 bits per heavy atom. The lowest BCUT2D eigenvalue weighted by atomic mass is 9.89. The van der Waals surface area contributed by atoms with Crippen LogP contribution in [0.5, 0.6) is 0 Å². The molecule has 3 rings (SSSR count). The summed E-state index contributed by atoms with van der Waals surface area (Å²) in [4.78, 5) is 7.21. The predicted molar refractivity (Wildman–Crippen MR) is 141 cm³/mol. The first-order valence-corrected chi connectivity index (χ1v) is 12.0. The lowest BCUT2D eigenvalue weighted by molar-refractivity contribution is 0.257. The number of nitrogens with zero attached hydrogens (tertiary/aromatic N) is 4. The first-order valence-electron chi connectivity index (χ1n) is 12.0. The van der Waals surface area contributed by atoms with E-state index < -0.39 is 0 Å². The van der Waals surface area contributed by atoms with E-state index in [4.69, 9.17) is 10.7 Å². The molecular weight excluding hydrogens is 406 g/mol. The Hall–Kier alpha value is -3.08. The zero-order valence-corrected chi connectivity index (χ0v) is 20.7. The third-order valence-corrected chi connectivity index (χ3v) is 6.49. The second-order valence-corrected chi connectivity index (χ2v) is 9.32. The molecule has 2 N–H and O–H groups in total. The molecule has 1 saturated heterocycles. The van der Waals surface area contributed by atoms with E-state index >= 15 is 0 Å². The van der Waals surface area contributed by atoms with Gasteiger partial charge in [-0.3, -0.25) is 5.01 Å². The quantitative estimate of drug-likeness (QED) is 0.527. The van der Waals surface area contributed by atoms with Crippen LogP contribution >= 0.6 is 0 Å². The van der Waals surface area contributed by atoms with E-state index in [-0.39, 0.29) is 6.04 Å². The lowest BCUT2D eigenvalue weighted by Gasteiger charge is -2.35. The number of aliphatic imine (C=N–C) groups is 1. The number of hydrogen-bond donors (Lipinski definition) is 1. The van der Waals surface area contributed by atoms with E-state index in [1.807, 2.05) is 31.0 Å². The third-order valence-electron chi connectivity index (χ3n) is 6.49. The van der Waals surface area contributed by atoms with Crippen molar-refractivity contribution in [1.82, 2.24) is 9.91 Å². The molecule has 0 bridgehead atoms. The van der Waals surface area contributed by atoms with Gasteiger partial charge >= 0.3 is 0 Å². The number of benzene rings is 1. The Morgan fingerprint density at radius 3 is 2.39 bits per heavy atom. The summed E-state index contributed by atoms with van der Waals surface area (Å²) in [5.41, 5.74) is 12.6. The van der Waals surface area contributed by atoms with E-state index in [9.17, 15) is 0 Å². The average Bonchev–Trinajstić information content (AvgIpc) is 2.80. The van der Waals surface area contributed by atoms with E-state index in [0.29, 0.717) is 11.8 Å². The molecule has 0 spiro atoms. The smallest absolute Gasteiger partial charge is 0.172 e. The van der Waals surface area contributed by atoms with Crippen LogP contribution in [0, 0.1) is 0 Å². The first kappa shape index (κ1) is 24.6. The molecule has 176 valence electrons. The van der Waals surface area contributed by atoms with Crippen LogP contribution in [0.1, 0.15) is 64.9 Å². The van der Waals surface area contributed by atoms with Gasteiger partial charge < -0.3 is 10.6 Å². The third kappa shape index (κ3) is 6.47. The fourth-order valence-corrected chi connectivity index (χ4v) is 4.55. The molecule has 2 aliphatic rings. The molecule has 5 nitrogen and oxygen atoms in total. The molecule has 0 atom stereocenters. The van der Waals surface area contributed by atoms with Crippen LogP contribution in [0.4, 0.5) is 0 Å². The molecule has 33 heavy (non-hydrogen) atoms. The van der Waals surface area contributed by atoms with Gasteiger partial charge in [0.15, 0.2) is 5.84 Å². The largest absolute Gasteiger partial charge is 0.402 e. The highest BCUT2D eigenvalue weighted by atomic mass is 15.5. The van der Waals surface area contributed by atoms with E-state index in [1.165, 1.54) is 24.1 Å². The normalized spacial score (nSPS) is 18.5. The van der Waals surface area contributed by atoms with Gasteiger partial charge in [-0.2, -0.15) is 5.10 Å². The van der Waals surface area contributed by atoms with Crippen LogP contribution in [0.15, 0.2) is 88.4 Å². The van der Waals surface area contributed by atoms with Crippen molar-refractivity contribution >= 4 is 11.5 Å². The van der Waals surface area contributed by atoms with Crippen molar-refractivity contribution < 1.29 is 0 Å². The Balaban J connectivity index is 1.58. The monoisotopic (exact) mass is 445 g/mol. The molecule has 0 aliphatic carbocycles. The predicted octanol–water partition coefficient (Wildman–Crippen LogP) is 5.96. The van der Waals surface area contributed by atoms with Gasteiger partial charge in [0.25, 0.3) is 0 Å². The number of hydrogen-bond acceptors (Lipinski definition) is 5. The maximum Gasteiger partial charge on any atom is 0.172 e. The highest BCUT2D eigenvalue weighted by Crippen LogP contribution is 2.30. The van der Waals surface area contributed by atoms with Crippen LogP contribution in [-0.2, 0) is 0 Å². The zero-order valence-electron chi connectivity index (χ0n) is 20.7. The molecule has 0 saturated carbocycles. The van der Waals surface area contributed by atoms with Gasteiger partial charge in [-0.05, 0) is 82.6 Å². The van der Waals surface area contributed by atoms with Gasteiger partial charge in [0.05, 0.1) is 5.70 Å². The summed E-state index contributed by atoms with van der Waals surface area (Å²) in [6, 6.07) is 11.1. The van der Waals surface area contributed by atoms with Gasteiger partial charge in [0, 0.05) is 36.2 Å². The minimum Gasteiger partial charge on any atom is -0.402 e. The summed E-state index contributed by atoms with van der Waals surface area (Å²) in [7, 11) is 0. The molecule has 0 unspecified atom stereocenters. The van der Waals surface area contributed by atoms with Crippen molar-refractivity contribution in [3.8, 4) is 0 Å². The summed E-state index contributed by atoms with van der Waals surface area (Å²) in [5, 5.41) is 6.53. The molecule has 1 aromatic rings. The maximum absolute atomic E-state index is 6.26. The first-order chi connectivity index (χ1) is 15.8. The number of rotatable bonds is 7. The van der Waals surface area contributed by atoms with Gasteiger partial charge in [-0.15, -0.1) is 0 Å². The number of hydrazone groups is 1. The van der Waals surface area contributed by atoms with Crippen molar-refractivity contribution in [2.24, 2.45) is 15.8 Å². The summed E-state index contributed by atoms with van der Waals surface area (Å²) >= 11 is 0. The Labute approximate surface area is 199 Å². The summed E-state index contributed by atoms with van der Waals surface area (Å²) in [6.07, 6.45) is 7.91. The highest BCUT2D eigenvalue weighted by molar-refractivity contribution is 6.09. The Bertz CT molecular complexity index is 969. The van der Waals surface area contributed by atoms with E-state index in [0.717, 1.165) is 48.6 Å². The van der Waals surface area contributed by atoms with Crippen molar-refractivity contribution in [2.45, 2.75) is 65.3 Å². The minimum atomic E-state index is 0.230. The highest BCUT2D eigenvalue weighted by Gasteiger charge is 2.21. The molecular formula is C28H39N5. The molecule has 0 radical (unpaired) electrons. The molecule has 5 heteroatoms. The van der Waals surface area contributed by atoms with E-state index in [2.05, 4.69) is 67.3 Å². The fourth-order valence-electron chi connectivity index (χ4n) is 4.55.